The minimum absolute atomic E-state index is 0.0406. The van der Waals surface area contributed by atoms with Gasteiger partial charge in [0.15, 0.2) is 47.6 Å². The smallest absolute Gasteiger partial charge is 0.334 e. The van der Waals surface area contributed by atoms with Crippen LogP contribution in [0.3, 0.4) is 0 Å². The van der Waals surface area contributed by atoms with E-state index in [2.05, 4.69) is 26.6 Å². The molecule has 12 unspecified atom stereocenters. The number of halogens is 3. The quantitative estimate of drug-likeness (QED) is 0.0340. The molecule has 0 aromatic heterocycles. The van der Waals surface area contributed by atoms with E-state index in [0.717, 1.165) is 71.8 Å². The van der Waals surface area contributed by atoms with Gasteiger partial charge in [-0.25, -0.2) is 9.59 Å². The fourth-order valence-corrected chi connectivity index (χ4v) is 16.1. The van der Waals surface area contributed by atoms with Crippen molar-refractivity contribution in [1.29, 1.82) is 0 Å². The van der Waals surface area contributed by atoms with Gasteiger partial charge in [-0.2, -0.15) is 0 Å². The lowest BCUT2D eigenvalue weighted by atomic mass is 9.84. The second-order valence-electron chi connectivity index (χ2n) is 31.2. The number of phenols is 3. The second kappa shape index (κ2) is 37.8. The van der Waals surface area contributed by atoms with Crippen molar-refractivity contribution in [2.24, 2.45) is 23.5 Å². The minimum Gasteiger partial charge on any atom is -0.508 e. The van der Waals surface area contributed by atoms with Crippen molar-refractivity contribution in [2.75, 3.05) is 13.2 Å². The summed E-state index contributed by atoms with van der Waals surface area (Å²) in [5, 5.41) is 140. The highest BCUT2D eigenvalue weighted by molar-refractivity contribution is 6.32. The number of carbonyl (C=O) groups is 9. The number of aromatic hydroxyl groups is 3. The topological polar surface area (TPSA) is 527 Å². The van der Waals surface area contributed by atoms with E-state index in [0.29, 0.717) is 17.0 Å². The zero-order chi connectivity index (χ0) is 87.5. The third kappa shape index (κ3) is 20.1. The lowest BCUT2D eigenvalue weighted by molar-refractivity contribution is -0.334. The number of aliphatic carboxylic acids is 2. The Bertz CT molecular complexity index is 5100. The predicted octanol–water partition coefficient (Wildman–Crippen LogP) is 7.14. The van der Waals surface area contributed by atoms with Crippen LogP contribution in [-0.4, -0.2) is 195 Å². The highest BCUT2D eigenvalue weighted by atomic mass is 35.5. The van der Waals surface area contributed by atoms with Crippen LogP contribution in [0.2, 0.25) is 15.1 Å². The molecular formula is C85H91Cl3N6O27. The average Bonchev–Trinajstić information content (AvgIpc) is 0.766. The maximum Gasteiger partial charge on any atom is 0.334 e. The molecule has 121 heavy (non-hydrogen) atoms. The van der Waals surface area contributed by atoms with Crippen LogP contribution in [0.25, 0.3) is 22.3 Å². The summed E-state index contributed by atoms with van der Waals surface area (Å²) >= 11 is 20.4. The molecule has 11 bridgehead atoms. The van der Waals surface area contributed by atoms with Gasteiger partial charge in [-0.3, -0.25) is 33.6 Å². The third-order valence-electron chi connectivity index (χ3n) is 22.1. The van der Waals surface area contributed by atoms with Crippen LogP contribution in [0.1, 0.15) is 137 Å². The zero-order valence-corrected chi connectivity index (χ0v) is 67.9. The van der Waals surface area contributed by atoms with E-state index in [4.69, 9.17) is 73.7 Å². The number of ether oxygens (including phenoxy) is 7. The number of ketones is 2. The Labute approximate surface area is 706 Å². The number of carboxylic acids is 2. The first kappa shape index (κ1) is 89.7. The van der Waals surface area contributed by atoms with Crippen LogP contribution >= 0.6 is 34.8 Å². The number of aliphatic hydroxyl groups excluding tert-OH is 6. The van der Waals surface area contributed by atoms with Crippen molar-refractivity contribution >= 4 is 87.8 Å². The normalized spacial score (nSPS) is 26.9. The molecule has 19 atom stereocenters. The van der Waals surface area contributed by atoms with Crippen LogP contribution in [0, 0.1) is 17.8 Å². The van der Waals surface area contributed by atoms with Gasteiger partial charge in [0.05, 0.1) is 47.3 Å². The number of hydrogen-bond acceptors (Lipinski definition) is 26. The van der Waals surface area contributed by atoms with Crippen LogP contribution < -0.4 is 46.5 Å². The van der Waals surface area contributed by atoms with Gasteiger partial charge in [0.2, 0.25) is 41.6 Å². The Hall–Kier alpha value is -10.6. The van der Waals surface area contributed by atoms with Gasteiger partial charge in [0.1, 0.15) is 77.4 Å². The summed E-state index contributed by atoms with van der Waals surface area (Å²) in [7, 11) is 0. The van der Waals surface area contributed by atoms with E-state index >= 15 is 19.2 Å². The van der Waals surface area contributed by atoms with Crippen molar-refractivity contribution in [3.63, 3.8) is 0 Å². The standard InChI is InChI=1S/C85H91Cl3N6O27/c1-6-39(21-36(2)3)78(107)93-69-56(99)25-46(28-64(89)101)79(108)91-67-45-26-60(117-58-19-14-43(71(69)102)23-52(58)87)75(121-84-76(74(105)73(104)63(34-95)119-84)120-65-32-85(5,77(106)37(4)116-65)90-33-62(82(111)112)115-35-38-7-9-40(10-8-38)41-11-16-47(86)17-12-41)61(27-45)118-59-20-15-44(24-53(59)88)72(103)70-81(110)92-68(83(113)114)51-29-48(96)30-55(98)66(51)50-22-42(13-18-54(50)97)49(31-57(67)100)80(109)94-70/h7-20,22-24,26-27,29-30,36-37,39,46,49,62-63,65,67-74,76-77,84,90,95-98,102-106H,6,21,25,28,31-35H2,1-5H3,(H2,89,101)(H,91,108)(H,92,110)(H,93,107)(H,94,109)(H,111,112)(H,113,114)/t37?,39-,46+,49?,62?,63?,65?,67-,68-,69?,70+,71-,72-,73?,74?,76?,77?,84?,85?/m1/s1. The van der Waals surface area contributed by atoms with E-state index in [-0.39, 0.29) is 52.8 Å². The maximum absolute atomic E-state index is 16.4. The number of carboxylic acid groups (broad SMARTS) is 2. The molecule has 18 N–H and O–H groups in total. The highest BCUT2D eigenvalue weighted by Crippen LogP contribution is 2.51. The third-order valence-corrected chi connectivity index (χ3v) is 23.0. The Morgan fingerprint density at radius 1 is 0.686 bits per heavy atom. The molecule has 7 aromatic carbocycles. The predicted molar refractivity (Wildman–Crippen MR) is 430 cm³/mol. The zero-order valence-electron chi connectivity index (χ0n) is 65.6. The molecule has 0 aliphatic carbocycles. The molecule has 0 radical (unpaired) electrons. The van der Waals surface area contributed by atoms with E-state index in [1.54, 1.807) is 31.2 Å². The van der Waals surface area contributed by atoms with Crippen molar-refractivity contribution in [2.45, 2.75) is 183 Å². The molecule has 2 fully saturated rings. The van der Waals surface area contributed by atoms with E-state index < -0.39 is 268 Å². The molecule has 7 heterocycles. The summed E-state index contributed by atoms with van der Waals surface area (Å²) in [6, 6.07) is 19.7. The molecule has 14 rings (SSSR count). The van der Waals surface area contributed by atoms with Gasteiger partial charge in [-0.05, 0) is 138 Å². The van der Waals surface area contributed by atoms with Gasteiger partial charge in [-0.1, -0.05) is 110 Å². The minimum atomic E-state index is -2.28. The second-order valence-corrected chi connectivity index (χ2v) is 32.5. The molecule has 33 nitrogen and oxygen atoms in total. The fraction of sp³-hybridized carbons (Fsp3) is 0.400. The molecule has 7 aromatic rings. The molecule has 7 aliphatic rings. The molecule has 644 valence electrons. The van der Waals surface area contributed by atoms with E-state index in [9.17, 15) is 80.1 Å². The number of nitrogens with one attached hydrogen (secondary N) is 5. The lowest BCUT2D eigenvalue weighted by Gasteiger charge is -2.48. The van der Waals surface area contributed by atoms with Gasteiger partial charge in [-0.15, -0.1) is 0 Å². The molecule has 2 saturated heterocycles. The number of amides is 5. The lowest BCUT2D eigenvalue weighted by Crippen LogP contribution is -2.66. The summed E-state index contributed by atoms with van der Waals surface area (Å²) < 4.78 is 45.3. The van der Waals surface area contributed by atoms with Crippen molar-refractivity contribution in [3.05, 3.63) is 176 Å². The fourth-order valence-electron chi connectivity index (χ4n) is 15.6. The van der Waals surface area contributed by atoms with Crippen molar-refractivity contribution in [3.8, 4) is 68.2 Å². The summed E-state index contributed by atoms with van der Waals surface area (Å²) in [4.78, 5) is 132. The number of Topliss-reactive ketones (excluding diaryl/α,β-unsaturated/α-hetero) is 2. The average molecular weight is 1740 g/mol. The monoisotopic (exact) mass is 1730 g/mol. The Balaban J connectivity index is 1.01. The number of hydrogen-bond donors (Lipinski definition) is 17. The van der Waals surface area contributed by atoms with Gasteiger partial charge < -0.3 is 122 Å². The maximum atomic E-state index is 16.4. The number of benzene rings is 7. The van der Waals surface area contributed by atoms with Crippen molar-refractivity contribution < 1.29 is 132 Å². The Kier molecular flexibility index (Phi) is 28.0. The molecule has 36 heteroatoms. The number of nitrogens with two attached hydrogens (primary N) is 1. The van der Waals surface area contributed by atoms with Gasteiger partial charge in [0, 0.05) is 71.5 Å². The molecule has 7 aliphatic heterocycles. The largest absolute Gasteiger partial charge is 0.508 e. The first-order valence-corrected chi connectivity index (χ1v) is 39.9. The van der Waals surface area contributed by atoms with Crippen molar-refractivity contribution in [1.82, 2.24) is 26.6 Å². The number of rotatable bonds is 21. The number of carbonyl (C=O) groups excluding carboxylic acids is 7. The Morgan fingerprint density at radius 3 is 1.91 bits per heavy atom. The van der Waals surface area contributed by atoms with Gasteiger partial charge >= 0.3 is 11.9 Å². The van der Waals surface area contributed by atoms with Gasteiger partial charge in [0.25, 0.3) is 0 Å². The van der Waals surface area contributed by atoms with E-state index in [1.807, 2.05) is 38.1 Å². The van der Waals surface area contributed by atoms with Crippen LogP contribution in [0.4, 0.5) is 0 Å². The summed E-state index contributed by atoms with van der Waals surface area (Å²) in [6.07, 6.45) is -22.8. The van der Waals surface area contributed by atoms with Crippen LogP contribution in [0.15, 0.2) is 127 Å². The number of fused-ring (bicyclic) bond motifs is 15. The molecule has 0 saturated carbocycles. The molecule has 5 amide bonds. The first-order chi connectivity index (χ1) is 57.4. The highest BCUT2D eigenvalue weighted by Gasteiger charge is 2.53. The first-order valence-electron chi connectivity index (χ1n) is 38.8. The molecule has 0 spiro atoms. The van der Waals surface area contributed by atoms with Crippen LogP contribution in [-0.2, 0) is 68.7 Å². The number of primary amides is 1. The number of aliphatic hydroxyl groups is 6. The SMILES string of the molecule is CC[C@H](CC(C)C)C(=O)NC1C(=O)C[C@@H](CC(N)=O)C(=O)N[C@H]2C(=O)CC3C(=O)N[C@H](C(=O)N[C@@H](C(=O)O)c4cc(O)cc(O)c4-c4cc3ccc4O)[C@H](O)c3ccc(c(Cl)c3)Oc3cc2cc(c3OC2OC(CO)C(O)C(O)C2OC2CC(C)(NCC(OCc3ccc(-c4ccc(Cl)cc4)cc3)C(=O)O)C(O)C(C)O2)Oc2ccc(cc2Cl)[C@H]1O. The Morgan fingerprint density at radius 2 is 1.31 bits per heavy atom. The summed E-state index contributed by atoms with van der Waals surface area (Å²) in [5.74, 6) is -20.9. The summed E-state index contributed by atoms with van der Waals surface area (Å²) in [6.45, 7) is 6.88. The number of phenolic OH excluding ortho intramolecular Hbond substituents is 3. The summed E-state index contributed by atoms with van der Waals surface area (Å²) in [5.41, 5.74) is 4.08. The molecular weight excluding hydrogens is 1640 g/mol. The van der Waals surface area contributed by atoms with E-state index in [1.165, 1.54) is 32.0 Å². The van der Waals surface area contributed by atoms with Crippen LogP contribution in [0.5, 0.6) is 46.0 Å².